The van der Waals surface area contributed by atoms with Gasteiger partial charge in [0.25, 0.3) is 0 Å². The van der Waals surface area contributed by atoms with Gasteiger partial charge in [-0.15, -0.1) is 11.6 Å². The third-order valence-electron chi connectivity index (χ3n) is 3.35. The van der Waals surface area contributed by atoms with Crippen molar-refractivity contribution in [3.05, 3.63) is 71.7 Å². The van der Waals surface area contributed by atoms with Crippen molar-refractivity contribution in [1.29, 1.82) is 0 Å². The second kappa shape index (κ2) is 5.68. The Bertz CT molecular complexity index is 705. The highest BCUT2D eigenvalue weighted by Crippen LogP contribution is 2.28. The van der Waals surface area contributed by atoms with Crippen LogP contribution in [0.5, 0.6) is 0 Å². The molecule has 0 saturated carbocycles. The molecule has 1 unspecified atom stereocenters. The van der Waals surface area contributed by atoms with Crippen molar-refractivity contribution in [3.8, 4) is 0 Å². The van der Waals surface area contributed by atoms with Crippen molar-refractivity contribution >= 4 is 22.6 Å². The Kier molecular flexibility index (Phi) is 3.75. The van der Waals surface area contributed by atoms with Crippen molar-refractivity contribution < 1.29 is 8.81 Å². The molecule has 3 rings (SSSR count). The van der Waals surface area contributed by atoms with Gasteiger partial charge < -0.3 is 4.42 Å². The Morgan fingerprint density at radius 3 is 2.60 bits per heavy atom. The molecule has 1 nitrogen and oxygen atoms in total. The lowest BCUT2D eigenvalue weighted by Gasteiger charge is -2.08. The first-order valence-corrected chi connectivity index (χ1v) is 7.03. The minimum absolute atomic E-state index is 0.0609. The molecule has 0 amide bonds. The molecular weight excluding hydrogens is 275 g/mol. The zero-order valence-electron chi connectivity index (χ0n) is 10.9. The Morgan fingerprint density at radius 2 is 1.85 bits per heavy atom. The molecule has 0 radical (unpaired) electrons. The van der Waals surface area contributed by atoms with Gasteiger partial charge in [-0.1, -0.05) is 42.5 Å². The lowest BCUT2D eigenvalue weighted by Crippen LogP contribution is -1.92. The van der Waals surface area contributed by atoms with E-state index < -0.39 is 0 Å². The maximum absolute atomic E-state index is 13.5. The first-order chi connectivity index (χ1) is 9.74. The van der Waals surface area contributed by atoms with E-state index in [0.29, 0.717) is 12.0 Å². The van der Waals surface area contributed by atoms with Crippen LogP contribution in [0.15, 0.2) is 59.0 Å². The summed E-state index contributed by atoms with van der Waals surface area (Å²) >= 11 is 6.37. The number of para-hydroxylation sites is 1. The molecule has 0 bridgehead atoms. The van der Waals surface area contributed by atoms with Crippen molar-refractivity contribution in [2.45, 2.75) is 18.2 Å². The number of aryl methyl sites for hydroxylation is 1. The zero-order chi connectivity index (χ0) is 13.9. The van der Waals surface area contributed by atoms with E-state index in [1.54, 1.807) is 6.07 Å². The molecule has 1 heterocycles. The number of halogens is 2. The molecule has 0 fully saturated rings. The van der Waals surface area contributed by atoms with Gasteiger partial charge in [0.2, 0.25) is 0 Å². The summed E-state index contributed by atoms with van der Waals surface area (Å²) in [5, 5.41) is 0.736. The Morgan fingerprint density at radius 1 is 1.05 bits per heavy atom. The van der Waals surface area contributed by atoms with E-state index in [1.807, 2.05) is 42.5 Å². The van der Waals surface area contributed by atoms with Crippen LogP contribution in [0.2, 0.25) is 0 Å². The molecule has 2 aromatic carbocycles. The Labute approximate surface area is 122 Å². The molecule has 0 aliphatic rings. The molecule has 102 valence electrons. The zero-order valence-corrected chi connectivity index (χ0v) is 11.6. The van der Waals surface area contributed by atoms with E-state index in [9.17, 15) is 4.39 Å². The number of fused-ring (bicyclic) bond motifs is 1. The normalized spacial score (nSPS) is 12.7. The standard InChI is InChI=1S/C17H14ClFO/c18-15(12-5-2-1-3-6-12)10-9-14-11-13-7-4-8-16(19)17(13)20-14/h1-8,11,15H,9-10H2. The molecule has 0 saturated heterocycles. The number of hydrogen-bond donors (Lipinski definition) is 0. The van der Waals surface area contributed by atoms with Crippen molar-refractivity contribution in [2.75, 3.05) is 0 Å². The van der Waals surface area contributed by atoms with Crippen LogP contribution < -0.4 is 0 Å². The smallest absolute Gasteiger partial charge is 0.169 e. The van der Waals surface area contributed by atoms with Gasteiger partial charge in [0.15, 0.2) is 11.4 Å². The van der Waals surface area contributed by atoms with Crippen LogP contribution in [-0.2, 0) is 6.42 Å². The molecule has 0 spiro atoms. The highest BCUT2D eigenvalue weighted by Gasteiger charge is 2.11. The Hall–Kier alpha value is -1.80. The van der Waals surface area contributed by atoms with E-state index in [2.05, 4.69) is 0 Å². The topological polar surface area (TPSA) is 13.1 Å². The van der Waals surface area contributed by atoms with Crippen LogP contribution in [0.1, 0.15) is 23.1 Å². The number of rotatable bonds is 4. The molecule has 3 aromatic rings. The van der Waals surface area contributed by atoms with Gasteiger partial charge in [0.1, 0.15) is 5.76 Å². The third kappa shape index (κ3) is 2.70. The van der Waals surface area contributed by atoms with Crippen molar-refractivity contribution in [2.24, 2.45) is 0 Å². The summed E-state index contributed by atoms with van der Waals surface area (Å²) in [5.41, 5.74) is 1.42. The van der Waals surface area contributed by atoms with Crippen LogP contribution in [0.4, 0.5) is 4.39 Å². The predicted molar refractivity (Wildman–Crippen MR) is 79.5 cm³/mol. The highest BCUT2D eigenvalue weighted by atomic mass is 35.5. The average Bonchev–Trinajstić information content (AvgIpc) is 2.90. The molecule has 1 atom stereocenters. The quantitative estimate of drug-likeness (QED) is 0.579. The van der Waals surface area contributed by atoms with Gasteiger partial charge in [-0.2, -0.15) is 0 Å². The third-order valence-corrected chi connectivity index (χ3v) is 3.82. The summed E-state index contributed by atoms with van der Waals surface area (Å²) in [6, 6.07) is 16.8. The highest BCUT2D eigenvalue weighted by molar-refractivity contribution is 6.20. The van der Waals surface area contributed by atoms with Gasteiger partial charge >= 0.3 is 0 Å². The summed E-state index contributed by atoms with van der Waals surface area (Å²) in [7, 11) is 0. The molecule has 0 N–H and O–H groups in total. The van der Waals surface area contributed by atoms with E-state index in [1.165, 1.54) is 6.07 Å². The number of furan rings is 1. The minimum Gasteiger partial charge on any atom is -0.458 e. The lowest BCUT2D eigenvalue weighted by atomic mass is 10.1. The number of alkyl halides is 1. The Balaban J connectivity index is 1.72. The molecule has 20 heavy (non-hydrogen) atoms. The lowest BCUT2D eigenvalue weighted by molar-refractivity contribution is 0.511. The largest absolute Gasteiger partial charge is 0.458 e. The average molecular weight is 289 g/mol. The monoisotopic (exact) mass is 288 g/mol. The molecular formula is C17H14ClFO. The molecule has 1 aromatic heterocycles. The summed E-state index contributed by atoms with van der Waals surface area (Å²) in [4.78, 5) is 0. The van der Waals surface area contributed by atoms with E-state index in [-0.39, 0.29) is 11.2 Å². The summed E-state index contributed by atoms with van der Waals surface area (Å²) in [6.45, 7) is 0. The second-order valence-electron chi connectivity index (χ2n) is 4.79. The van der Waals surface area contributed by atoms with Crippen LogP contribution in [-0.4, -0.2) is 0 Å². The van der Waals surface area contributed by atoms with Gasteiger partial charge in [-0.25, -0.2) is 4.39 Å². The van der Waals surface area contributed by atoms with Gasteiger partial charge in [-0.3, -0.25) is 0 Å². The fourth-order valence-corrected chi connectivity index (χ4v) is 2.56. The number of hydrogen-bond acceptors (Lipinski definition) is 1. The van der Waals surface area contributed by atoms with E-state index in [4.69, 9.17) is 16.0 Å². The maximum Gasteiger partial charge on any atom is 0.169 e. The van der Waals surface area contributed by atoms with Crippen LogP contribution in [0.3, 0.4) is 0 Å². The van der Waals surface area contributed by atoms with Crippen molar-refractivity contribution in [3.63, 3.8) is 0 Å². The van der Waals surface area contributed by atoms with E-state index >= 15 is 0 Å². The van der Waals surface area contributed by atoms with Crippen LogP contribution >= 0.6 is 11.6 Å². The fraction of sp³-hybridized carbons (Fsp3) is 0.176. The van der Waals surface area contributed by atoms with Gasteiger partial charge in [0, 0.05) is 11.8 Å². The first kappa shape index (κ1) is 13.2. The molecule has 3 heteroatoms. The number of benzene rings is 2. The summed E-state index contributed by atoms with van der Waals surface area (Å²) in [5.74, 6) is 0.450. The van der Waals surface area contributed by atoms with Gasteiger partial charge in [0.05, 0.1) is 5.38 Å². The summed E-state index contributed by atoms with van der Waals surface area (Å²) < 4.78 is 19.1. The second-order valence-corrected chi connectivity index (χ2v) is 5.31. The first-order valence-electron chi connectivity index (χ1n) is 6.60. The maximum atomic E-state index is 13.5. The minimum atomic E-state index is -0.320. The molecule has 0 aliphatic carbocycles. The molecule has 0 aliphatic heterocycles. The van der Waals surface area contributed by atoms with Crippen LogP contribution in [0, 0.1) is 5.82 Å². The summed E-state index contributed by atoms with van der Waals surface area (Å²) in [6.07, 6.45) is 1.45. The van der Waals surface area contributed by atoms with Crippen LogP contribution in [0.25, 0.3) is 11.0 Å². The van der Waals surface area contributed by atoms with E-state index in [0.717, 1.165) is 23.1 Å². The SMILES string of the molecule is Fc1cccc2cc(CCC(Cl)c3ccccc3)oc12. The predicted octanol–water partition coefficient (Wildman–Crippen LogP) is 5.48. The van der Waals surface area contributed by atoms with Crippen molar-refractivity contribution in [1.82, 2.24) is 0 Å². The fourth-order valence-electron chi connectivity index (χ4n) is 2.30. The van der Waals surface area contributed by atoms with Gasteiger partial charge in [-0.05, 0) is 24.1 Å².